The van der Waals surface area contributed by atoms with Crippen molar-refractivity contribution in [3.05, 3.63) is 71.9 Å². The lowest BCUT2D eigenvalue weighted by molar-refractivity contribution is -0.137. The molecule has 0 amide bonds. The Hall–Kier alpha value is -3.09. The van der Waals surface area contributed by atoms with E-state index in [4.69, 9.17) is 0 Å². The number of benzene rings is 2. The normalized spacial score (nSPS) is 11.2. The van der Waals surface area contributed by atoms with E-state index in [1.165, 1.54) is 12.1 Å². The third-order valence-electron chi connectivity index (χ3n) is 3.48. The van der Waals surface area contributed by atoms with Crippen LogP contribution in [0.25, 0.3) is 0 Å². The van der Waals surface area contributed by atoms with Crippen LogP contribution in [0, 0.1) is 6.92 Å². The molecule has 2 aromatic carbocycles. The van der Waals surface area contributed by atoms with Gasteiger partial charge in [0.05, 0.1) is 5.56 Å². The number of aryl methyl sites for hydroxylation is 1. The van der Waals surface area contributed by atoms with Crippen LogP contribution in [-0.4, -0.2) is 9.97 Å². The van der Waals surface area contributed by atoms with Crippen LogP contribution >= 0.6 is 0 Å². The molecule has 0 radical (unpaired) electrons. The maximum Gasteiger partial charge on any atom is 0.416 e. The average Bonchev–Trinajstić information content (AvgIpc) is 2.58. The van der Waals surface area contributed by atoms with Gasteiger partial charge in [-0.15, -0.1) is 0 Å². The number of hydrogen-bond acceptors (Lipinski definition) is 4. The first-order valence-electron chi connectivity index (χ1n) is 7.52. The Labute approximate surface area is 142 Å². The molecule has 1 aromatic heterocycles. The topological polar surface area (TPSA) is 49.8 Å². The van der Waals surface area contributed by atoms with Gasteiger partial charge in [-0.05, 0) is 43.3 Å². The molecule has 0 aliphatic heterocycles. The SMILES string of the molecule is Cc1cnc(Nc2ccc(C(F)(F)F)cc2)nc1Nc1ccccc1. The quantitative estimate of drug-likeness (QED) is 0.675. The van der Waals surface area contributed by atoms with Crippen molar-refractivity contribution in [2.45, 2.75) is 13.1 Å². The van der Waals surface area contributed by atoms with Crippen molar-refractivity contribution in [3.8, 4) is 0 Å². The Morgan fingerprint density at radius 1 is 0.840 bits per heavy atom. The van der Waals surface area contributed by atoms with Crippen LogP contribution in [0.1, 0.15) is 11.1 Å². The first kappa shape index (κ1) is 16.8. The molecular weight excluding hydrogens is 329 g/mol. The molecule has 0 fully saturated rings. The standard InChI is InChI=1S/C18H15F3N4/c1-12-11-22-17(25-16(12)23-14-5-3-2-4-6-14)24-15-9-7-13(8-10-15)18(19,20)21/h2-11H,1H3,(H2,22,23,24,25). The van der Waals surface area contributed by atoms with E-state index in [-0.39, 0.29) is 0 Å². The van der Waals surface area contributed by atoms with Gasteiger partial charge in [0.15, 0.2) is 0 Å². The predicted molar refractivity (Wildman–Crippen MR) is 91.2 cm³/mol. The number of halogens is 3. The molecule has 0 aliphatic carbocycles. The molecule has 0 atom stereocenters. The Bertz CT molecular complexity index is 846. The Morgan fingerprint density at radius 3 is 2.12 bits per heavy atom. The monoisotopic (exact) mass is 344 g/mol. The van der Waals surface area contributed by atoms with E-state index in [1.807, 2.05) is 37.3 Å². The van der Waals surface area contributed by atoms with Crippen LogP contribution in [0.2, 0.25) is 0 Å². The van der Waals surface area contributed by atoms with Crippen molar-refractivity contribution in [2.24, 2.45) is 0 Å². The molecule has 4 nitrogen and oxygen atoms in total. The molecule has 0 spiro atoms. The fourth-order valence-electron chi connectivity index (χ4n) is 2.16. The van der Waals surface area contributed by atoms with E-state index in [1.54, 1.807) is 6.20 Å². The van der Waals surface area contributed by atoms with Crippen LogP contribution < -0.4 is 10.6 Å². The van der Waals surface area contributed by atoms with Crippen molar-refractivity contribution in [3.63, 3.8) is 0 Å². The van der Waals surface area contributed by atoms with Gasteiger partial charge in [0.25, 0.3) is 0 Å². The van der Waals surface area contributed by atoms with Gasteiger partial charge in [-0.3, -0.25) is 0 Å². The summed E-state index contributed by atoms with van der Waals surface area (Å²) in [6.45, 7) is 1.87. The first-order valence-corrected chi connectivity index (χ1v) is 7.52. The highest BCUT2D eigenvalue weighted by atomic mass is 19.4. The maximum absolute atomic E-state index is 12.6. The van der Waals surface area contributed by atoms with Gasteiger partial charge in [0.2, 0.25) is 5.95 Å². The van der Waals surface area contributed by atoms with Crippen LogP contribution in [-0.2, 0) is 6.18 Å². The summed E-state index contributed by atoms with van der Waals surface area (Å²) in [6.07, 6.45) is -2.71. The molecular formula is C18H15F3N4. The summed E-state index contributed by atoms with van der Waals surface area (Å²) < 4.78 is 37.8. The van der Waals surface area contributed by atoms with Gasteiger partial charge >= 0.3 is 6.18 Å². The van der Waals surface area contributed by atoms with E-state index in [0.29, 0.717) is 17.5 Å². The molecule has 25 heavy (non-hydrogen) atoms. The highest BCUT2D eigenvalue weighted by molar-refractivity contribution is 5.62. The van der Waals surface area contributed by atoms with E-state index in [9.17, 15) is 13.2 Å². The zero-order valence-corrected chi connectivity index (χ0v) is 13.3. The van der Waals surface area contributed by atoms with Crippen molar-refractivity contribution in [2.75, 3.05) is 10.6 Å². The first-order chi connectivity index (χ1) is 11.9. The van der Waals surface area contributed by atoms with Gasteiger partial charge < -0.3 is 10.6 Å². The second kappa shape index (κ2) is 6.80. The highest BCUT2D eigenvalue weighted by Crippen LogP contribution is 2.30. The number of alkyl halides is 3. The summed E-state index contributed by atoms with van der Waals surface area (Å²) in [5, 5.41) is 6.09. The fourth-order valence-corrected chi connectivity index (χ4v) is 2.16. The van der Waals surface area contributed by atoms with Crippen LogP contribution in [0.15, 0.2) is 60.8 Å². The number of nitrogens with one attached hydrogen (secondary N) is 2. The average molecular weight is 344 g/mol. The molecule has 3 rings (SSSR count). The molecule has 0 bridgehead atoms. The smallest absolute Gasteiger partial charge is 0.340 e. The second-order valence-corrected chi connectivity index (χ2v) is 5.42. The Kier molecular flexibility index (Phi) is 4.56. The minimum Gasteiger partial charge on any atom is -0.340 e. The molecule has 0 unspecified atom stereocenters. The fraction of sp³-hybridized carbons (Fsp3) is 0.111. The number of rotatable bonds is 4. The minimum atomic E-state index is -4.36. The number of anilines is 4. The molecule has 0 saturated heterocycles. The maximum atomic E-state index is 12.6. The highest BCUT2D eigenvalue weighted by Gasteiger charge is 2.29. The summed E-state index contributed by atoms with van der Waals surface area (Å²) in [6, 6.07) is 14.2. The Morgan fingerprint density at radius 2 is 1.48 bits per heavy atom. The zero-order chi connectivity index (χ0) is 17.9. The lowest BCUT2D eigenvalue weighted by Gasteiger charge is -2.11. The lowest BCUT2D eigenvalue weighted by Crippen LogP contribution is -2.05. The molecule has 3 aromatic rings. The van der Waals surface area contributed by atoms with Crippen molar-refractivity contribution in [1.82, 2.24) is 9.97 Å². The summed E-state index contributed by atoms with van der Waals surface area (Å²) in [5.41, 5.74) is 1.50. The summed E-state index contributed by atoms with van der Waals surface area (Å²) >= 11 is 0. The number of hydrogen-bond donors (Lipinski definition) is 2. The molecule has 1 heterocycles. The van der Waals surface area contributed by atoms with Gasteiger partial charge in [-0.1, -0.05) is 18.2 Å². The minimum absolute atomic E-state index is 0.295. The van der Waals surface area contributed by atoms with E-state index in [2.05, 4.69) is 20.6 Å². The number of para-hydroxylation sites is 1. The van der Waals surface area contributed by atoms with E-state index >= 15 is 0 Å². The largest absolute Gasteiger partial charge is 0.416 e. The molecule has 7 heteroatoms. The molecule has 0 saturated carbocycles. The van der Waals surface area contributed by atoms with Crippen LogP contribution in [0.3, 0.4) is 0 Å². The zero-order valence-electron chi connectivity index (χ0n) is 13.3. The van der Waals surface area contributed by atoms with Gasteiger partial charge in [-0.25, -0.2) is 4.98 Å². The van der Waals surface area contributed by atoms with Crippen molar-refractivity contribution >= 4 is 23.1 Å². The van der Waals surface area contributed by atoms with Gasteiger partial charge in [0, 0.05) is 23.1 Å². The second-order valence-electron chi connectivity index (χ2n) is 5.42. The Balaban J connectivity index is 1.78. The van der Waals surface area contributed by atoms with Gasteiger partial charge in [-0.2, -0.15) is 18.2 Å². The molecule has 0 aliphatic rings. The van der Waals surface area contributed by atoms with Gasteiger partial charge in [0.1, 0.15) is 5.82 Å². The van der Waals surface area contributed by atoms with Crippen molar-refractivity contribution in [1.29, 1.82) is 0 Å². The summed E-state index contributed by atoms with van der Waals surface area (Å²) in [7, 11) is 0. The van der Waals surface area contributed by atoms with Crippen LogP contribution in [0.4, 0.5) is 36.3 Å². The molecule has 2 N–H and O–H groups in total. The number of aromatic nitrogens is 2. The third kappa shape index (κ3) is 4.26. The van der Waals surface area contributed by atoms with E-state index in [0.717, 1.165) is 23.4 Å². The van der Waals surface area contributed by atoms with Crippen molar-refractivity contribution < 1.29 is 13.2 Å². The van der Waals surface area contributed by atoms with E-state index < -0.39 is 11.7 Å². The predicted octanol–water partition coefficient (Wildman–Crippen LogP) is 5.29. The lowest BCUT2D eigenvalue weighted by atomic mass is 10.2. The summed E-state index contributed by atoms with van der Waals surface area (Å²) in [4.78, 5) is 8.54. The third-order valence-corrected chi connectivity index (χ3v) is 3.48. The number of nitrogens with zero attached hydrogens (tertiary/aromatic N) is 2. The summed E-state index contributed by atoms with van der Waals surface area (Å²) in [5.74, 6) is 0.916. The molecule has 128 valence electrons. The van der Waals surface area contributed by atoms with Crippen LogP contribution in [0.5, 0.6) is 0 Å².